The number of methoxy groups -OCH3 is 1. The van der Waals surface area contributed by atoms with Gasteiger partial charge >= 0.3 is 5.97 Å². The van der Waals surface area contributed by atoms with E-state index < -0.39 is 0 Å². The second-order valence-electron chi connectivity index (χ2n) is 3.58. The second kappa shape index (κ2) is 6.10. The molecule has 0 bridgehead atoms. The maximum Gasteiger partial charge on any atom is 0.305 e. The molecule has 0 heterocycles. The number of hydrogen-bond acceptors (Lipinski definition) is 3. The Labute approximate surface area is 94.8 Å². The molecule has 0 aliphatic rings. The molecule has 0 fully saturated rings. The predicted molar refractivity (Wildman–Crippen MR) is 60.9 cm³/mol. The Hall–Kier alpha value is -1.58. The molecule has 16 heavy (non-hydrogen) atoms. The molecule has 0 aliphatic heterocycles. The van der Waals surface area contributed by atoms with E-state index in [1.807, 2.05) is 11.9 Å². The first-order valence-corrected chi connectivity index (χ1v) is 5.17. The lowest BCUT2D eigenvalue weighted by Gasteiger charge is -2.18. The van der Waals surface area contributed by atoms with Crippen LogP contribution in [0.25, 0.3) is 0 Å². The molecule has 0 atom stereocenters. The molecular formula is C12H16FNO2. The quantitative estimate of drug-likeness (QED) is 0.719. The lowest BCUT2D eigenvalue weighted by molar-refractivity contribution is -0.140. The molecule has 88 valence electrons. The van der Waals surface area contributed by atoms with E-state index in [0.29, 0.717) is 6.42 Å². The number of carbonyl (C=O) groups is 1. The predicted octanol–water partition coefficient (Wildman–Crippen LogP) is 2.22. The van der Waals surface area contributed by atoms with Crippen LogP contribution in [0.5, 0.6) is 0 Å². The highest BCUT2D eigenvalue weighted by atomic mass is 19.1. The molecule has 0 spiro atoms. The number of anilines is 1. The smallest absolute Gasteiger partial charge is 0.305 e. The molecular weight excluding hydrogens is 209 g/mol. The first kappa shape index (κ1) is 12.5. The molecule has 1 aromatic rings. The average Bonchev–Trinajstić information content (AvgIpc) is 2.29. The van der Waals surface area contributed by atoms with Gasteiger partial charge in [0.1, 0.15) is 5.82 Å². The molecule has 0 saturated carbocycles. The van der Waals surface area contributed by atoms with Crippen molar-refractivity contribution in [1.29, 1.82) is 0 Å². The van der Waals surface area contributed by atoms with Crippen LogP contribution in [-0.2, 0) is 9.53 Å². The summed E-state index contributed by atoms with van der Waals surface area (Å²) < 4.78 is 17.2. The number of rotatable bonds is 5. The van der Waals surface area contributed by atoms with Crippen LogP contribution in [0.1, 0.15) is 12.8 Å². The largest absolute Gasteiger partial charge is 0.469 e. The van der Waals surface area contributed by atoms with Crippen molar-refractivity contribution in [3.8, 4) is 0 Å². The Morgan fingerprint density at radius 1 is 1.38 bits per heavy atom. The highest BCUT2D eigenvalue weighted by Gasteiger charge is 2.03. The highest BCUT2D eigenvalue weighted by Crippen LogP contribution is 2.13. The van der Waals surface area contributed by atoms with Gasteiger partial charge in [-0.05, 0) is 30.7 Å². The Bertz CT molecular complexity index is 337. The van der Waals surface area contributed by atoms with Crippen molar-refractivity contribution in [1.82, 2.24) is 0 Å². The first-order chi connectivity index (χ1) is 7.63. The van der Waals surface area contributed by atoms with Gasteiger partial charge in [0.2, 0.25) is 0 Å². The fourth-order valence-electron chi connectivity index (χ4n) is 1.39. The lowest BCUT2D eigenvalue weighted by atomic mass is 10.2. The third-order valence-corrected chi connectivity index (χ3v) is 2.37. The van der Waals surface area contributed by atoms with Gasteiger partial charge in [-0.1, -0.05) is 0 Å². The zero-order valence-corrected chi connectivity index (χ0v) is 9.57. The third-order valence-electron chi connectivity index (χ3n) is 2.37. The van der Waals surface area contributed by atoms with E-state index in [1.54, 1.807) is 12.1 Å². The molecule has 0 unspecified atom stereocenters. The number of esters is 1. The van der Waals surface area contributed by atoms with Crippen LogP contribution in [-0.4, -0.2) is 26.7 Å². The van der Waals surface area contributed by atoms with E-state index in [4.69, 9.17) is 0 Å². The van der Waals surface area contributed by atoms with Crippen LogP contribution >= 0.6 is 0 Å². The van der Waals surface area contributed by atoms with Gasteiger partial charge in [-0.25, -0.2) is 4.39 Å². The van der Waals surface area contributed by atoms with Crippen LogP contribution in [0.2, 0.25) is 0 Å². The van der Waals surface area contributed by atoms with Crippen LogP contribution in [0.4, 0.5) is 10.1 Å². The standard InChI is InChI=1S/C12H16FNO2/c1-14(9-3-4-12(15)16-2)11-7-5-10(13)6-8-11/h5-8H,3-4,9H2,1-2H3. The number of benzene rings is 1. The summed E-state index contributed by atoms with van der Waals surface area (Å²) in [6, 6.07) is 6.28. The van der Waals surface area contributed by atoms with Gasteiger partial charge in [0.25, 0.3) is 0 Å². The fraction of sp³-hybridized carbons (Fsp3) is 0.417. The zero-order chi connectivity index (χ0) is 12.0. The van der Waals surface area contributed by atoms with Gasteiger partial charge < -0.3 is 9.64 Å². The van der Waals surface area contributed by atoms with Crippen molar-refractivity contribution in [2.24, 2.45) is 0 Å². The van der Waals surface area contributed by atoms with Gasteiger partial charge in [-0.2, -0.15) is 0 Å². The molecule has 0 saturated heterocycles. The molecule has 0 radical (unpaired) electrons. The molecule has 0 N–H and O–H groups in total. The van der Waals surface area contributed by atoms with E-state index in [2.05, 4.69) is 4.74 Å². The van der Waals surface area contributed by atoms with Crippen molar-refractivity contribution in [3.05, 3.63) is 30.1 Å². The fourth-order valence-corrected chi connectivity index (χ4v) is 1.39. The molecule has 4 heteroatoms. The Morgan fingerprint density at radius 3 is 2.56 bits per heavy atom. The number of hydrogen-bond donors (Lipinski definition) is 0. The molecule has 0 aliphatic carbocycles. The van der Waals surface area contributed by atoms with Crippen molar-refractivity contribution >= 4 is 11.7 Å². The van der Waals surface area contributed by atoms with Crippen LogP contribution in [0.15, 0.2) is 24.3 Å². The Morgan fingerprint density at radius 2 is 2.00 bits per heavy atom. The summed E-state index contributed by atoms with van der Waals surface area (Å²) >= 11 is 0. The minimum Gasteiger partial charge on any atom is -0.469 e. The maximum atomic E-state index is 12.7. The van der Waals surface area contributed by atoms with Crippen LogP contribution < -0.4 is 4.90 Å². The number of carbonyl (C=O) groups excluding carboxylic acids is 1. The normalized spacial score (nSPS) is 9.94. The van der Waals surface area contributed by atoms with Crippen LogP contribution in [0, 0.1) is 5.82 Å². The third kappa shape index (κ3) is 3.88. The summed E-state index contributed by atoms with van der Waals surface area (Å²) in [7, 11) is 3.29. The van der Waals surface area contributed by atoms with Crippen molar-refractivity contribution in [2.75, 3.05) is 25.6 Å². The van der Waals surface area contributed by atoms with Gasteiger partial charge in [0, 0.05) is 25.7 Å². The summed E-state index contributed by atoms with van der Waals surface area (Å²) in [4.78, 5) is 12.9. The van der Waals surface area contributed by atoms with Crippen molar-refractivity contribution < 1.29 is 13.9 Å². The van der Waals surface area contributed by atoms with Gasteiger partial charge in [-0.3, -0.25) is 4.79 Å². The molecule has 0 aromatic heterocycles. The summed E-state index contributed by atoms with van der Waals surface area (Å²) in [5.41, 5.74) is 0.936. The summed E-state index contributed by atoms with van der Waals surface area (Å²) in [6.45, 7) is 0.737. The number of halogens is 1. The van der Waals surface area contributed by atoms with E-state index in [9.17, 15) is 9.18 Å². The summed E-state index contributed by atoms with van der Waals surface area (Å²) in [6.07, 6.45) is 1.13. The van der Waals surface area contributed by atoms with Gasteiger partial charge in [-0.15, -0.1) is 0 Å². The minimum absolute atomic E-state index is 0.201. The van der Waals surface area contributed by atoms with E-state index in [0.717, 1.165) is 18.7 Å². The van der Waals surface area contributed by atoms with E-state index in [1.165, 1.54) is 19.2 Å². The Balaban J connectivity index is 2.37. The Kier molecular flexibility index (Phi) is 4.76. The van der Waals surface area contributed by atoms with Crippen LogP contribution in [0.3, 0.4) is 0 Å². The number of ether oxygens (including phenoxy) is 1. The SMILES string of the molecule is COC(=O)CCCN(C)c1ccc(F)cc1. The van der Waals surface area contributed by atoms with E-state index in [-0.39, 0.29) is 11.8 Å². The van der Waals surface area contributed by atoms with E-state index >= 15 is 0 Å². The lowest BCUT2D eigenvalue weighted by Crippen LogP contribution is -2.19. The first-order valence-electron chi connectivity index (χ1n) is 5.17. The molecule has 0 amide bonds. The highest BCUT2D eigenvalue weighted by molar-refractivity contribution is 5.69. The zero-order valence-electron chi connectivity index (χ0n) is 9.57. The molecule has 1 rings (SSSR count). The van der Waals surface area contributed by atoms with Gasteiger partial charge in [0.15, 0.2) is 0 Å². The minimum atomic E-state index is -0.244. The molecule has 3 nitrogen and oxygen atoms in total. The topological polar surface area (TPSA) is 29.5 Å². The summed E-state index contributed by atoms with van der Waals surface area (Å²) in [5.74, 6) is -0.445. The van der Waals surface area contributed by atoms with Crippen molar-refractivity contribution in [2.45, 2.75) is 12.8 Å². The summed E-state index contributed by atoms with van der Waals surface area (Å²) in [5, 5.41) is 0. The van der Waals surface area contributed by atoms with Crippen molar-refractivity contribution in [3.63, 3.8) is 0 Å². The second-order valence-corrected chi connectivity index (χ2v) is 3.58. The maximum absolute atomic E-state index is 12.7. The monoisotopic (exact) mass is 225 g/mol. The number of nitrogens with zero attached hydrogens (tertiary/aromatic N) is 1. The van der Waals surface area contributed by atoms with Gasteiger partial charge in [0.05, 0.1) is 7.11 Å². The average molecular weight is 225 g/mol. The molecule has 1 aromatic carbocycles.